The van der Waals surface area contributed by atoms with Crippen LogP contribution in [0.1, 0.15) is 34.6 Å². The van der Waals surface area contributed by atoms with E-state index in [0.717, 1.165) is 43.4 Å². The van der Waals surface area contributed by atoms with Crippen LogP contribution in [0.3, 0.4) is 0 Å². The summed E-state index contributed by atoms with van der Waals surface area (Å²) in [4.78, 5) is 6.86. The number of nitrogens with one attached hydrogen (secondary N) is 1. The van der Waals surface area contributed by atoms with E-state index in [1.807, 2.05) is 43.5 Å². The third kappa shape index (κ3) is 4.07. The van der Waals surface area contributed by atoms with E-state index >= 15 is 0 Å². The van der Waals surface area contributed by atoms with E-state index in [-0.39, 0.29) is 12.1 Å². The van der Waals surface area contributed by atoms with Gasteiger partial charge in [0.05, 0.1) is 11.7 Å². The predicted octanol–water partition coefficient (Wildman–Crippen LogP) is 7.08. The highest BCUT2D eigenvalue weighted by molar-refractivity contribution is 9.10. The van der Waals surface area contributed by atoms with Gasteiger partial charge in [-0.1, -0.05) is 33.6 Å². The molecule has 0 radical (unpaired) electrons. The highest BCUT2D eigenvalue weighted by atomic mass is 79.9. The molecule has 0 aliphatic carbocycles. The molecule has 0 unspecified atom stereocenters. The van der Waals surface area contributed by atoms with Crippen LogP contribution in [0.4, 0.5) is 5.69 Å². The van der Waals surface area contributed by atoms with Crippen LogP contribution in [-0.4, -0.2) is 14.7 Å². The van der Waals surface area contributed by atoms with Gasteiger partial charge in [-0.2, -0.15) is 0 Å². The van der Waals surface area contributed by atoms with E-state index in [9.17, 15) is 0 Å². The Morgan fingerprint density at radius 2 is 1.76 bits per heavy atom. The molecule has 0 spiro atoms. The summed E-state index contributed by atoms with van der Waals surface area (Å²) in [7, 11) is 0. The number of halogens is 2. The van der Waals surface area contributed by atoms with Gasteiger partial charge in [-0.15, -0.1) is 0 Å². The molecule has 1 N–H and O–H groups in total. The number of anilines is 1. The molecule has 2 atom stereocenters. The summed E-state index contributed by atoms with van der Waals surface area (Å²) in [5, 5.41) is 4.98. The number of hydrogen-bond donors (Lipinski definition) is 1. The number of pyridine rings is 1. The predicted molar refractivity (Wildman–Crippen MR) is 142 cm³/mol. The maximum atomic E-state index is 6.31. The lowest BCUT2D eigenvalue weighted by molar-refractivity contribution is 0.549. The van der Waals surface area contributed by atoms with Crippen molar-refractivity contribution in [3.8, 4) is 5.69 Å². The van der Waals surface area contributed by atoms with Crippen LogP contribution in [0.5, 0.6) is 0 Å². The Hall–Kier alpha value is -2.67. The molecule has 1 aliphatic heterocycles. The minimum absolute atomic E-state index is 0.0982. The van der Waals surface area contributed by atoms with Gasteiger partial charge < -0.3 is 14.8 Å². The first-order valence-corrected chi connectivity index (χ1v) is 12.2. The molecule has 33 heavy (non-hydrogen) atoms. The quantitative estimate of drug-likeness (QED) is 0.282. The standard InChI is InChI=1S/C26H22BrClN4S/c1-16-14-19(8-10-20(16)27)32-25(24(30-26(32)33)22-6-3-4-12-29-22)23-7-5-13-31(23)18-9-11-21(28)17(2)15-18/h3-15,24-25H,1-2H3,(H,30,33)/t24-,25-/m0/s1. The third-order valence-electron chi connectivity index (χ3n) is 6.02. The van der Waals surface area contributed by atoms with Crippen molar-refractivity contribution in [2.75, 3.05) is 4.90 Å². The molecule has 4 aromatic rings. The summed E-state index contributed by atoms with van der Waals surface area (Å²) in [6, 6.07) is 22.4. The Bertz CT molecular complexity index is 1340. The van der Waals surface area contributed by atoms with Crippen LogP contribution in [0.15, 0.2) is 83.6 Å². The largest absolute Gasteiger partial charge is 0.351 e. The third-order valence-corrected chi connectivity index (χ3v) is 7.65. The molecule has 4 nitrogen and oxygen atoms in total. The number of aromatic nitrogens is 2. The number of nitrogens with zero attached hydrogens (tertiary/aromatic N) is 3. The molecule has 5 rings (SSSR count). The van der Waals surface area contributed by atoms with Crippen molar-refractivity contribution in [1.29, 1.82) is 0 Å². The number of rotatable bonds is 4. The molecule has 7 heteroatoms. The monoisotopic (exact) mass is 536 g/mol. The fraction of sp³-hybridized carbons (Fsp3) is 0.154. The van der Waals surface area contributed by atoms with E-state index < -0.39 is 0 Å². The summed E-state index contributed by atoms with van der Waals surface area (Å²) in [5.41, 5.74) is 6.34. The highest BCUT2D eigenvalue weighted by Gasteiger charge is 2.42. The topological polar surface area (TPSA) is 33.1 Å². The van der Waals surface area contributed by atoms with Gasteiger partial charge in [-0.25, -0.2) is 0 Å². The van der Waals surface area contributed by atoms with Gasteiger partial charge in [0, 0.05) is 39.0 Å². The van der Waals surface area contributed by atoms with Crippen LogP contribution in [0.2, 0.25) is 5.02 Å². The maximum Gasteiger partial charge on any atom is 0.174 e. The number of benzene rings is 2. The lowest BCUT2D eigenvalue weighted by Crippen LogP contribution is -2.30. The lowest BCUT2D eigenvalue weighted by atomic mass is 10.0. The van der Waals surface area contributed by atoms with Crippen molar-refractivity contribution in [1.82, 2.24) is 14.9 Å². The van der Waals surface area contributed by atoms with E-state index in [1.165, 1.54) is 0 Å². The zero-order chi connectivity index (χ0) is 23.1. The van der Waals surface area contributed by atoms with Crippen LogP contribution in [-0.2, 0) is 0 Å². The number of aryl methyl sites for hydroxylation is 2. The zero-order valence-electron chi connectivity index (χ0n) is 18.2. The fourth-order valence-electron chi connectivity index (χ4n) is 4.36. The molecular formula is C26H22BrClN4S. The molecule has 0 amide bonds. The van der Waals surface area contributed by atoms with Gasteiger partial charge in [-0.3, -0.25) is 4.98 Å². The van der Waals surface area contributed by atoms with Crippen molar-refractivity contribution in [3.63, 3.8) is 0 Å². The smallest absolute Gasteiger partial charge is 0.174 e. The molecular weight excluding hydrogens is 516 g/mol. The summed E-state index contributed by atoms with van der Waals surface area (Å²) in [6.07, 6.45) is 3.91. The van der Waals surface area contributed by atoms with Gasteiger partial charge in [-0.05, 0) is 97.9 Å². The van der Waals surface area contributed by atoms with E-state index in [1.54, 1.807) is 0 Å². The average molecular weight is 538 g/mol. The molecule has 1 saturated heterocycles. The van der Waals surface area contributed by atoms with Crippen LogP contribution in [0.25, 0.3) is 5.69 Å². The Balaban J connectivity index is 1.68. The number of hydrogen-bond acceptors (Lipinski definition) is 2. The first-order valence-electron chi connectivity index (χ1n) is 10.6. The average Bonchev–Trinajstić information content (AvgIpc) is 3.42. The molecule has 1 fully saturated rings. The molecule has 166 valence electrons. The highest BCUT2D eigenvalue weighted by Crippen LogP contribution is 2.43. The summed E-state index contributed by atoms with van der Waals surface area (Å²) >= 11 is 15.8. The SMILES string of the molecule is Cc1cc(-n2cccc2[C@H]2[C@H](c3ccccn3)NC(=S)N2c2ccc(Br)c(C)c2)ccc1Cl. The van der Waals surface area contributed by atoms with Gasteiger partial charge in [0.25, 0.3) is 0 Å². The van der Waals surface area contributed by atoms with Crippen molar-refractivity contribution < 1.29 is 0 Å². The summed E-state index contributed by atoms with van der Waals surface area (Å²) in [6.45, 7) is 4.11. The second-order valence-corrected chi connectivity index (χ2v) is 9.81. The van der Waals surface area contributed by atoms with Gasteiger partial charge in [0.1, 0.15) is 6.04 Å². The van der Waals surface area contributed by atoms with Gasteiger partial charge in [0.2, 0.25) is 0 Å². The van der Waals surface area contributed by atoms with E-state index in [0.29, 0.717) is 5.11 Å². The minimum atomic E-state index is -0.107. The van der Waals surface area contributed by atoms with Gasteiger partial charge >= 0.3 is 0 Å². The maximum absolute atomic E-state index is 6.31. The van der Waals surface area contributed by atoms with E-state index in [2.05, 4.69) is 85.2 Å². The number of thiocarbonyl (C=S) groups is 1. The summed E-state index contributed by atoms with van der Waals surface area (Å²) in [5.74, 6) is 0. The fourth-order valence-corrected chi connectivity index (χ4v) is 5.07. The van der Waals surface area contributed by atoms with Crippen molar-refractivity contribution in [2.24, 2.45) is 0 Å². The molecule has 0 saturated carbocycles. The van der Waals surface area contributed by atoms with Crippen LogP contribution >= 0.6 is 39.7 Å². The van der Waals surface area contributed by atoms with Gasteiger partial charge in [0.15, 0.2) is 5.11 Å². The van der Waals surface area contributed by atoms with Crippen molar-refractivity contribution in [3.05, 3.63) is 111 Å². The normalized spacial score (nSPS) is 17.9. The van der Waals surface area contributed by atoms with Crippen molar-refractivity contribution >= 4 is 50.5 Å². The van der Waals surface area contributed by atoms with Crippen molar-refractivity contribution in [2.45, 2.75) is 25.9 Å². The zero-order valence-corrected chi connectivity index (χ0v) is 21.3. The second-order valence-electron chi connectivity index (χ2n) is 8.17. The Labute approximate surface area is 212 Å². The molecule has 2 aromatic heterocycles. The Morgan fingerprint density at radius 1 is 0.970 bits per heavy atom. The van der Waals surface area contributed by atoms with Crippen LogP contribution in [0, 0.1) is 13.8 Å². The summed E-state index contributed by atoms with van der Waals surface area (Å²) < 4.78 is 3.28. The van der Waals surface area contributed by atoms with Crippen LogP contribution < -0.4 is 10.2 Å². The molecule has 3 heterocycles. The minimum Gasteiger partial charge on any atom is -0.351 e. The lowest BCUT2D eigenvalue weighted by Gasteiger charge is -2.29. The molecule has 2 aromatic carbocycles. The first kappa shape index (κ1) is 22.1. The molecule has 0 bridgehead atoms. The second kappa shape index (κ2) is 8.93. The van der Waals surface area contributed by atoms with E-state index in [4.69, 9.17) is 23.8 Å². The molecule has 1 aliphatic rings. The first-order chi connectivity index (χ1) is 15.9. The Kier molecular flexibility index (Phi) is 5.99. The Morgan fingerprint density at radius 3 is 2.48 bits per heavy atom.